The fourth-order valence-corrected chi connectivity index (χ4v) is 2.80. The fourth-order valence-electron chi connectivity index (χ4n) is 1.96. The summed E-state index contributed by atoms with van der Waals surface area (Å²) in [7, 11) is 0. The normalized spacial score (nSPS) is 15.4. The van der Waals surface area contributed by atoms with Crippen molar-refractivity contribution in [2.75, 3.05) is 18.1 Å². The summed E-state index contributed by atoms with van der Waals surface area (Å²) in [6.45, 7) is 8.92. The molecule has 2 nitrogen and oxygen atoms in total. The zero-order valence-electron chi connectivity index (χ0n) is 11.4. The fraction of sp³-hybridized carbons (Fsp3) is 1.00. The van der Waals surface area contributed by atoms with Gasteiger partial charge in [0.2, 0.25) is 0 Å². The molecule has 0 saturated carbocycles. The van der Waals surface area contributed by atoms with Crippen molar-refractivity contribution >= 4 is 11.8 Å². The smallest absolute Gasteiger partial charge is 0.0613 e. The number of rotatable bonds is 10. The van der Waals surface area contributed by atoms with Crippen molar-refractivity contribution in [1.29, 1.82) is 0 Å². The van der Waals surface area contributed by atoms with Crippen molar-refractivity contribution in [3.05, 3.63) is 0 Å². The van der Waals surface area contributed by atoms with Crippen LogP contribution in [-0.2, 0) is 0 Å². The molecule has 2 N–H and O–H groups in total. The highest BCUT2D eigenvalue weighted by Crippen LogP contribution is 2.19. The molecule has 0 rings (SSSR count). The second-order valence-corrected chi connectivity index (χ2v) is 6.03. The Labute approximate surface area is 106 Å². The monoisotopic (exact) mass is 247 g/mol. The Hall–Kier alpha value is 0.270. The first-order valence-corrected chi connectivity index (χ1v) is 7.72. The van der Waals surface area contributed by atoms with Crippen LogP contribution < -0.4 is 5.32 Å². The van der Waals surface area contributed by atoms with Crippen LogP contribution in [-0.4, -0.2) is 34.8 Å². The molecule has 0 bridgehead atoms. The molecule has 0 aliphatic carbocycles. The maximum absolute atomic E-state index is 9.56. The Morgan fingerprint density at radius 1 is 1.25 bits per heavy atom. The van der Waals surface area contributed by atoms with Gasteiger partial charge in [0, 0.05) is 11.6 Å². The molecular weight excluding hydrogens is 218 g/mol. The molecule has 1 unspecified atom stereocenters. The van der Waals surface area contributed by atoms with E-state index >= 15 is 0 Å². The molecule has 98 valence electrons. The van der Waals surface area contributed by atoms with Gasteiger partial charge in [-0.1, -0.05) is 27.7 Å². The molecule has 0 amide bonds. The van der Waals surface area contributed by atoms with E-state index in [1.807, 2.05) is 11.8 Å². The second-order valence-electron chi connectivity index (χ2n) is 4.81. The highest BCUT2D eigenvalue weighted by atomic mass is 32.2. The lowest BCUT2D eigenvalue weighted by molar-refractivity contribution is 0.137. The van der Waals surface area contributed by atoms with Crippen LogP contribution >= 0.6 is 11.8 Å². The number of aliphatic hydroxyl groups excluding tert-OH is 1. The molecule has 0 saturated heterocycles. The first-order valence-electron chi connectivity index (χ1n) is 6.56. The molecule has 0 aromatic heterocycles. The van der Waals surface area contributed by atoms with Gasteiger partial charge in [0.25, 0.3) is 0 Å². The number of nitrogens with one attached hydrogen (secondary N) is 1. The van der Waals surface area contributed by atoms with Crippen molar-refractivity contribution in [3.63, 3.8) is 0 Å². The third-order valence-corrected chi connectivity index (χ3v) is 4.14. The van der Waals surface area contributed by atoms with Gasteiger partial charge in [-0.3, -0.25) is 0 Å². The van der Waals surface area contributed by atoms with Crippen molar-refractivity contribution < 1.29 is 5.11 Å². The van der Waals surface area contributed by atoms with E-state index in [2.05, 4.69) is 33.0 Å². The van der Waals surface area contributed by atoms with E-state index in [0.717, 1.165) is 12.8 Å². The number of hydrogen-bond acceptors (Lipinski definition) is 3. The maximum atomic E-state index is 9.56. The largest absolute Gasteiger partial charge is 0.394 e. The summed E-state index contributed by atoms with van der Waals surface area (Å²) in [5, 5.41) is 13.1. The van der Waals surface area contributed by atoms with E-state index < -0.39 is 0 Å². The maximum Gasteiger partial charge on any atom is 0.0613 e. The molecule has 16 heavy (non-hydrogen) atoms. The van der Waals surface area contributed by atoms with Gasteiger partial charge in [-0.2, -0.15) is 11.8 Å². The highest BCUT2D eigenvalue weighted by molar-refractivity contribution is 7.99. The summed E-state index contributed by atoms with van der Waals surface area (Å²) in [4.78, 5) is 0. The molecule has 0 radical (unpaired) electrons. The van der Waals surface area contributed by atoms with E-state index in [0.29, 0.717) is 6.04 Å². The molecule has 0 fully saturated rings. The Kier molecular flexibility index (Phi) is 9.47. The SMILES string of the molecule is CCCSCCCC(CC)(CO)NC(C)C. The summed E-state index contributed by atoms with van der Waals surface area (Å²) in [5.41, 5.74) is -0.0546. The van der Waals surface area contributed by atoms with E-state index in [9.17, 15) is 5.11 Å². The third kappa shape index (κ3) is 6.77. The van der Waals surface area contributed by atoms with Gasteiger partial charge in [0.1, 0.15) is 0 Å². The predicted molar refractivity (Wildman–Crippen MR) is 75.2 cm³/mol. The molecule has 0 aliphatic heterocycles. The van der Waals surface area contributed by atoms with Gasteiger partial charge >= 0.3 is 0 Å². The van der Waals surface area contributed by atoms with E-state index in [1.54, 1.807) is 0 Å². The van der Waals surface area contributed by atoms with E-state index in [1.165, 1.54) is 24.3 Å². The molecule has 0 spiro atoms. The Balaban J connectivity index is 3.92. The Morgan fingerprint density at radius 3 is 2.38 bits per heavy atom. The number of aliphatic hydroxyl groups is 1. The molecule has 0 aromatic rings. The van der Waals surface area contributed by atoms with Crippen LogP contribution in [0.1, 0.15) is 53.4 Å². The predicted octanol–water partition coefficient (Wildman–Crippen LogP) is 3.05. The summed E-state index contributed by atoms with van der Waals surface area (Å²) in [5.74, 6) is 2.48. The molecule has 0 aromatic carbocycles. The zero-order valence-corrected chi connectivity index (χ0v) is 12.2. The zero-order chi connectivity index (χ0) is 12.4. The second kappa shape index (κ2) is 9.32. The first kappa shape index (κ1) is 16.3. The lowest BCUT2D eigenvalue weighted by atomic mass is 9.91. The van der Waals surface area contributed by atoms with Gasteiger partial charge < -0.3 is 10.4 Å². The quantitative estimate of drug-likeness (QED) is 0.582. The van der Waals surface area contributed by atoms with Gasteiger partial charge in [0.05, 0.1) is 6.61 Å². The Bertz CT molecular complexity index is 158. The van der Waals surface area contributed by atoms with Crippen LogP contribution in [0.5, 0.6) is 0 Å². The Morgan fingerprint density at radius 2 is 1.94 bits per heavy atom. The topological polar surface area (TPSA) is 32.3 Å². The first-order chi connectivity index (χ1) is 7.60. The molecule has 0 aliphatic rings. The average molecular weight is 247 g/mol. The number of thioether (sulfide) groups is 1. The van der Waals surface area contributed by atoms with Crippen LogP contribution in [0.3, 0.4) is 0 Å². The lowest BCUT2D eigenvalue weighted by Crippen LogP contribution is -2.51. The van der Waals surface area contributed by atoms with Crippen LogP contribution in [0, 0.1) is 0 Å². The van der Waals surface area contributed by atoms with Gasteiger partial charge in [-0.15, -0.1) is 0 Å². The molecule has 0 heterocycles. The van der Waals surface area contributed by atoms with Crippen molar-refractivity contribution in [1.82, 2.24) is 5.32 Å². The summed E-state index contributed by atoms with van der Waals surface area (Å²) < 4.78 is 0. The third-order valence-electron chi connectivity index (χ3n) is 2.87. The standard InChI is InChI=1S/C13H29NOS/c1-5-9-16-10-7-8-13(6-2,11-15)14-12(3)4/h12,14-15H,5-11H2,1-4H3. The number of hydrogen-bond donors (Lipinski definition) is 2. The summed E-state index contributed by atoms with van der Waals surface area (Å²) >= 11 is 2.02. The van der Waals surface area contributed by atoms with Crippen molar-refractivity contribution in [3.8, 4) is 0 Å². The van der Waals surface area contributed by atoms with E-state index in [-0.39, 0.29) is 12.1 Å². The van der Waals surface area contributed by atoms with Crippen LogP contribution in [0.15, 0.2) is 0 Å². The molecular formula is C13H29NOS. The van der Waals surface area contributed by atoms with Gasteiger partial charge in [-0.25, -0.2) is 0 Å². The van der Waals surface area contributed by atoms with E-state index in [4.69, 9.17) is 0 Å². The van der Waals surface area contributed by atoms with Crippen LogP contribution in [0.4, 0.5) is 0 Å². The lowest BCUT2D eigenvalue weighted by Gasteiger charge is -2.34. The molecule has 3 heteroatoms. The highest BCUT2D eigenvalue weighted by Gasteiger charge is 2.26. The minimum atomic E-state index is -0.0546. The molecule has 1 atom stereocenters. The minimum Gasteiger partial charge on any atom is -0.394 e. The summed E-state index contributed by atoms with van der Waals surface area (Å²) in [6.07, 6.45) is 4.53. The van der Waals surface area contributed by atoms with Crippen molar-refractivity contribution in [2.45, 2.75) is 65.0 Å². The van der Waals surface area contributed by atoms with Crippen LogP contribution in [0.2, 0.25) is 0 Å². The summed E-state index contributed by atoms with van der Waals surface area (Å²) in [6, 6.07) is 0.440. The van der Waals surface area contributed by atoms with Gasteiger partial charge in [0.15, 0.2) is 0 Å². The van der Waals surface area contributed by atoms with Crippen LogP contribution in [0.25, 0.3) is 0 Å². The average Bonchev–Trinajstić information content (AvgIpc) is 2.26. The van der Waals surface area contributed by atoms with Crippen molar-refractivity contribution in [2.24, 2.45) is 0 Å². The minimum absolute atomic E-state index is 0.0546. The van der Waals surface area contributed by atoms with Gasteiger partial charge in [-0.05, 0) is 37.2 Å².